The highest BCUT2D eigenvalue weighted by molar-refractivity contribution is 7.21. The van der Waals surface area contributed by atoms with Crippen molar-refractivity contribution in [1.82, 2.24) is 20.3 Å². The zero-order valence-corrected chi connectivity index (χ0v) is 16.9. The maximum Gasteiger partial charge on any atom is 0.263 e. The molecule has 7 nitrogen and oxygen atoms in total. The average Bonchev–Trinajstić information content (AvgIpc) is 3.09. The van der Waals surface area contributed by atoms with E-state index in [1.807, 2.05) is 31.2 Å². The molecule has 0 fully saturated rings. The number of nitrogens with one attached hydrogen (secondary N) is 2. The number of amides is 1. The van der Waals surface area contributed by atoms with Crippen molar-refractivity contribution in [2.75, 3.05) is 11.9 Å². The third-order valence-corrected chi connectivity index (χ3v) is 6.25. The van der Waals surface area contributed by atoms with Crippen molar-refractivity contribution in [3.63, 3.8) is 0 Å². The lowest BCUT2D eigenvalue weighted by molar-refractivity contribution is 0.0949. The quantitative estimate of drug-likeness (QED) is 0.435. The van der Waals surface area contributed by atoms with Gasteiger partial charge >= 0.3 is 0 Å². The van der Waals surface area contributed by atoms with Gasteiger partial charge in [-0.15, -0.1) is 17.8 Å². The van der Waals surface area contributed by atoms with Crippen LogP contribution >= 0.6 is 11.3 Å². The smallest absolute Gasteiger partial charge is 0.263 e. The van der Waals surface area contributed by atoms with Crippen LogP contribution in [0.4, 0.5) is 5.69 Å². The molecule has 0 unspecified atom stereocenters. The van der Waals surface area contributed by atoms with Crippen molar-refractivity contribution in [3.05, 3.63) is 46.7 Å². The van der Waals surface area contributed by atoms with Crippen LogP contribution in [0.5, 0.6) is 0 Å². The van der Waals surface area contributed by atoms with Crippen LogP contribution in [0.1, 0.15) is 28.0 Å². The Hall–Kier alpha value is -3.54. The van der Waals surface area contributed by atoms with E-state index in [1.54, 1.807) is 0 Å². The molecule has 8 heteroatoms. The fraction of sp³-hybridized carbons (Fsp3) is 0.182. The Balaban J connectivity index is 1.72. The molecule has 0 bridgehead atoms. The van der Waals surface area contributed by atoms with E-state index in [0.717, 1.165) is 26.7 Å². The van der Waals surface area contributed by atoms with Gasteiger partial charge in [-0.25, -0.2) is 15.0 Å². The fourth-order valence-corrected chi connectivity index (χ4v) is 4.77. The SMILES string of the molecule is C#Cc1ncc(CO)c(-c2ccc3c(ccc4sc5c(c43)NC[C@@H](C)NC5=O)n2)n1. The first kappa shape index (κ1) is 18.5. The molecule has 4 aromatic rings. The number of fused-ring (bicyclic) bond motifs is 5. The summed E-state index contributed by atoms with van der Waals surface area (Å²) in [5.41, 5.74) is 3.29. The molecular formula is C22H17N5O2S. The normalized spacial score (nSPS) is 15.9. The summed E-state index contributed by atoms with van der Waals surface area (Å²) >= 11 is 1.47. The van der Waals surface area contributed by atoms with Gasteiger partial charge in [0.2, 0.25) is 5.82 Å². The topological polar surface area (TPSA) is 100 Å². The van der Waals surface area contributed by atoms with E-state index >= 15 is 0 Å². The van der Waals surface area contributed by atoms with Gasteiger partial charge in [-0.1, -0.05) is 0 Å². The monoisotopic (exact) mass is 415 g/mol. The Morgan fingerprint density at radius 1 is 1.30 bits per heavy atom. The molecule has 1 aromatic carbocycles. The van der Waals surface area contributed by atoms with Gasteiger partial charge in [-0.3, -0.25) is 4.79 Å². The molecule has 5 rings (SSSR count). The number of nitrogens with zero attached hydrogens (tertiary/aromatic N) is 3. The number of carbonyl (C=O) groups excluding carboxylic acids is 1. The molecule has 4 heterocycles. The Kier molecular flexibility index (Phi) is 4.35. The van der Waals surface area contributed by atoms with E-state index in [4.69, 9.17) is 11.4 Å². The second kappa shape index (κ2) is 7.06. The third-order valence-electron chi connectivity index (χ3n) is 5.10. The largest absolute Gasteiger partial charge is 0.392 e. The maximum absolute atomic E-state index is 12.6. The second-order valence-electron chi connectivity index (χ2n) is 7.13. The molecule has 1 aliphatic rings. The second-order valence-corrected chi connectivity index (χ2v) is 8.19. The Bertz CT molecular complexity index is 1370. The molecular weight excluding hydrogens is 398 g/mol. The number of thiophene rings is 1. The number of benzene rings is 1. The molecule has 1 atom stereocenters. The van der Waals surface area contributed by atoms with E-state index in [0.29, 0.717) is 28.4 Å². The van der Waals surface area contributed by atoms with Crippen LogP contribution in [0.3, 0.4) is 0 Å². The van der Waals surface area contributed by atoms with Gasteiger partial charge in [0.25, 0.3) is 5.91 Å². The Morgan fingerprint density at radius 3 is 2.97 bits per heavy atom. The highest BCUT2D eigenvalue weighted by Crippen LogP contribution is 2.41. The van der Waals surface area contributed by atoms with Gasteiger partial charge in [-0.2, -0.15) is 0 Å². The van der Waals surface area contributed by atoms with Gasteiger partial charge in [0, 0.05) is 39.8 Å². The molecule has 0 aliphatic carbocycles. The molecule has 3 aromatic heterocycles. The Morgan fingerprint density at radius 2 is 2.17 bits per heavy atom. The van der Waals surface area contributed by atoms with Gasteiger partial charge in [0.15, 0.2) is 0 Å². The van der Waals surface area contributed by atoms with Crippen LogP contribution in [0.15, 0.2) is 30.5 Å². The molecule has 1 aliphatic heterocycles. The van der Waals surface area contributed by atoms with Crippen molar-refractivity contribution >= 4 is 43.9 Å². The number of terminal acetylenes is 1. The lowest BCUT2D eigenvalue weighted by Gasteiger charge is -2.10. The molecule has 0 spiro atoms. The van der Waals surface area contributed by atoms with Crippen LogP contribution < -0.4 is 10.6 Å². The van der Waals surface area contributed by atoms with Crippen molar-refractivity contribution in [1.29, 1.82) is 0 Å². The minimum absolute atomic E-state index is 0.0480. The summed E-state index contributed by atoms with van der Waals surface area (Å²) in [7, 11) is 0. The van der Waals surface area contributed by atoms with E-state index in [-0.39, 0.29) is 24.4 Å². The molecule has 0 radical (unpaired) electrons. The predicted molar refractivity (Wildman–Crippen MR) is 117 cm³/mol. The minimum Gasteiger partial charge on any atom is -0.392 e. The fourth-order valence-electron chi connectivity index (χ4n) is 3.67. The highest BCUT2D eigenvalue weighted by Gasteiger charge is 2.25. The summed E-state index contributed by atoms with van der Waals surface area (Å²) < 4.78 is 1.02. The zero-order chi connectivity index (χ0) is 20.8. The van der Waals surface area contributed by atoms with Gasteiger partial charge in [0.1, 0.15) is 4.88 Å². The van der Waals surface area contributed by atoms with Crippen molar-refractivity contribution < 1.29 is 9.90 Å². The maximum atomic E-state index is 12.6. The summed E-state index contributed by atoms with van der Waals surface area (Å²) in [5.74, 6) is 2.60. The van der Waals surface area contributed by atoms with E-state index in [9.17, 15) is 9.90 Å². The summed E-state index contributed by atoms with van der Waals surface area (Å²) in [5, 5.41) is 18.0. The molecule has 1 amide bonds. The van der Waals surface area contributed by atoms with Crippen molar-refractivity contribution in [2.24, 2.45) is 0 Å². The van der Waals surface area contributed by atoms with Crippen LogP contribution in [0.25, 0.3) is 32.4 Å². The number of rotatable bonds is 2. The van der Waals surface area contributed by atoms with E-state index in [1.165, 1.54) is 17.5 Å². The number of hydrogen-bond acceptors (Lipinski definition) is 7. The van der Waals surface area contributed by atoms with E-state index < -0.39 is 0 Å². The number of pyridine rings is 1. The van der Waals surface area contributed by atoms with Crippen LogP contribution in [-0.2, 0) is 6.61 Å². The lowest BCUT2D eigenvalue weighted by atomic mass is 10.1. The van der Waals surface area contributed by atoms with Gasteiger partial charge in [-0.05, 0) is 37.1 Å². The lowest BCUT2D eigenvalue weighted by Crippen LogP contribution is -2.34. The van der Waals surface area contributed by atoms with Crippen molar-refractivity contribution in [3.8, 4) is 23.7 Å². The van der Waals surface area contributed by atoms with Crippen LogP contribution in [0.2, 0.25) is 0 Å². The van der Waals surface area contributed by atoms with E-state index in [2.05, 4.69) is 26.5 Å². The average molecular weight is 415 g/mol. The molecule has 3 N–H and O–H groups in total. The third kappa shape index (κ3) is 2.87. The van der Waals surface area contributed by atoms with Gasteiger partial charge < -0.3 is 15.7 Å². The Labute approximate surface area is 176 Å². The summed E-state index contributed by atoms with van der Waals surface area (Å²) in [4.78, 5) is 26.4. The summed E-state index contributed by atoms with van der Waals surface area (Å²) in [6.07, 6.45) is 6.95. The highest BCUT2D eigenvalue weighted by atomic mass is 32.1. The van der Waals surface area contributed by atoms with Crippen LogP contribution in [-0.4, -0.2) is 38.6 Å². The molecule has 0 saturated carbocycles. The molecule has 30 heavy (non-hydrogen) atoms. The summed E-state index contributed by atoms with van der Waals surface area (Å²) in [6, 6.07) is 7.78. The first-order valence-corrected chi connectivity index (χ1v) is 10.3. The van der Waals surface area contributed by atoms with Crippen LogP contribution in [0, 0.1) is 12.3 Å². The summed E-state index contributed by atoms with van der Waals surface area (Å²) in [6.45, 7) is 2.41. The minimum atomic E-state index is -0.214. The molecule has 148 valence electrons. The number of anilines is 1. The predicted octanol–water partition coefficient (Wildman–Crippen LogP) is 2.92. The van der Waals surface area contributed by atoms with Crippen molar-refractivity contribution in [2.45, 2.75) is 19.6 Å². The number of aromatic nitrogens is 3. The standard InChI is InChI=1S/C22H17N5O2S/c1-3-17-23-9-12(10-28)19(27-17)15-5-4-13-14(26-15)6-7-16-18(13)20-21(30-16)22(29)25-11(2)8-24-20/h1,4-7,9,11,24,28H,8,10H2,2H3,(H,25,29)/t11-/m1/s1. The number of aliphatic hydroxyl groups excluding tert-OH is 1. The number of hydrogen-bond donors (Lipinski definition) is 3. The zero-order valence-electron chi connectivity index (χ0n) is 16.1. The number of aliphatic hydroxyl groups is 1. The first-order chi connectivity index (χ1) is 14.6. The number of carbonyl (C=O) groups is 1. The first-order valence-electron chi connectivity index (χ1n) is 9.43. The van der Waals surface area contributed by atoms with Gasteiger partial charge in [0.05, 0.1) is 29.2 Å². The molecule has 0 saturated heterocycles.